The van der Waals surface area contributed by atoms with Crippen LogP contribution in [0.2, 0.25) is 0 Å². The topological polar surface area (TPSA) is 32.5 Å². The second kappa shape index (κ2) is 6.47. The fraction of sp³-hybridized carbons (Fsp3) is 0.667. The number of benzene rings is 1. The molecule has 2 N–H and O–H groups in total. The summed E-state index contributed by atoms with van der Waals surface area (Å²) >= 11 is 0. The van der Waals surface area contributed by atoms with Crippen LogP contribution in [0, 0.1) is 0 Å². The quantitative estimate of drug-likeness (QED) is 0.924. The predicted molar refractivity (Wildman–Crippen MR) is 88.5 cm³/mol. The van der Waals surface area contributed by atoms with Gasteiger partial charge in [0.25, 0.3) is 0 Å². The van der Waals surface area contributed by atoms with Gasteiger partial charge in [-0.15, -0.1) is 0 Å². The number of nitrogens with zero attached hydrogens (tertiary/aromatic N) is 2. The van der Waals surface area contributed by atoms with Crippen molar-refractivity contribution in [3.8, 4) is 0 Å². The first-order chi connectivity index (χ1) is 10.1. The van der Waals surface area contributed by atoms with Crippen molar-refractivity contribution < 1.29 is 0 Å². The van der Waals surface area contributed by atoms with E-state index in [-0.39, 0.29) is 6.04 Å². The monoisotopic (exact) mass is 287 g/mol. The summed E-state index contributed by atoms with van der Waals surface area (Å²) in [7, 11) is 4.45. The summed E-state index contributed by atoms with van der Waals surface area (Å²) in [6, 6.07) is 9.62. The Hall–Kier alpha value is -0.900. The zero-order chi connectivity index (χ0) is 14.8. The third-order valence-corrected chi connectivity index (χ3v) is 5.45. The zero-order valence-electron chi connectivity index (χ0n) is 13.5. The molecule has 1 saturated heterocycles. The minimum Gasteiger partial charge on any atom is -0.324 e. The second-order valence-corrected chi connectivity index (χ2v) is 7.00. The second-order valence-electron chi connectivity index (χ2n) is 7.00. The first-order valence-electron chi connectivity index (χ1n) is 8.38. The van der Waals surface area contributed by atoms with E-state index in [1.807, 2.05) is 0 Å². The van der Waals surface area contributed by atoms with E-state index in [1.54, 1.807) is 0 Å². The van der Waals surface area contributed by atoms with Gasteiger partial charge in [0.05, 0.1) is 0 Å². The van der Waals surface area contributed by atoms with E-state index in [2.05, 4.69) is 48.2 Å². The molecule has 1 aliphatic heterocycles. The standard InChI is InChI=1S/C18H29N3/c1-20-10-11-21(2)15(13-20)12-18(19)17-9-4-3-8-16(17)14-6-5-7-14/h3-4,8-9,14-15,18H,5-7,10-13,19H2,1-2H3. The molecule has 1 aliphatic carbocycles. The van der Waals surface area contributed by atoms with E-state index in [4.69, 9.17) is 5.73 Å². The van der Waals surface area contributed by atoms with Crippen LogP contribution in [0.25, 0.3) is 0 Å². The maximum atomic E-state index is 6.61. The van der Waals surface area contributed by atoms with E-state index in [0.29, 0.717) is 6.04 Å². The molecule has 2 unspecified atom stereocenters. The highest BCUT2D eigenvalue weighted by molar-refractivity contribution is 5.34. The Bertz CT molecular complexity index is 469. The number of nitrogens with two attached hydrogens (primary N) is 1. The number of rotatable bonds is 4. The molecular formula is C18H29N3. The SMILES string of the molecule is CN1CCN(C)C(CC(N)c2ccccc2C2CCC2)C1. The lowest BCUT2D eigenvalue weighted by Gasteiger charge is -2.39. The van der Waals surface area contributed by atoms with E-state index in [9.17, 15) is 0 Å². The Kier molecular flexibility index (Phi) is 4.63. The highest BCUT2D eigenvalue weighted by Gasteiger charge is 2.27. The molecule has 1 saturated carbocycles. The average molecular weight is 287 g/mol. The van der Waals surface area contributed by atoms with Gasteiger partial charge in [0.15, 0.2) is 0 Å². The van der Waals surface area contributed by atoms with Gasteiger partial charge in [-0.2, -0.15) is 0 Å². The van der Waals surface area contributed by atoms with Gasteiger partial charge in [-0.05, 0) is 50.4 Å². The molecule has 1 aromatic carbocycles. The van der Waals surface area contributed by atoms with Crippen molar-refractivity contribution in [2.45, 2.75) is 43.7 Å². The fourth-order valence-corrected chi connectivity index (χ4v) is 3.72. The van der Waals surface area contributed by atoms with Crippen LogP contribution in [0.4, 0.5) is 0 Å². The fourth-order valence-electron chi connectivity index (χ4n) is 3.72. The minimum atomic E-state index is 0.167. The highest BCUT2D eigenvalue weighted by Crippen LogP contribution is 2.39. The molecule has 3 heteroatoms. The molecule has 3 nitrogen and oxygen atoms in total. The van der Waals surface area contributed by atoms with Crippen LogP contribution < -0.4 is 5.73 Å². The van der Waals surface area contributed by atoms with Gasteiger partial charge >= 0.3 is 0 Å². The molecule has 116 valence electrons. The van der Waals surface area contributed by atoms with E-state index in [1.165, 1.54) is 36.9 Å². The molecule has 3 rings (SSSR count). The summed E-state index contributed by atoms with van der Waals surface area (Å²) in [5.74, 6) is 0.763. The molecular weight excluding hydrogens is 258 g/mol. The minimum absolute atomic E-state index is 0.167. The van der Waals surface area contributed by atoms with E-state index >= 15 is 0 Å². The van der Waals surface area contributed by atoms with Crippen LogP contribution in [-0.4, -0.2) is 49.6 Å². The number of hydrogen-bond donors (Lipinski definition) is 1. The third kappa shape index (κ3) is 3.31. The van der Waals surface area contributed by atoms with Crippen molar-refractivity contribution in [1.82, 2.24) is 9.80 Å². The smallest absolute Gasteiger partial charge is 0.0313 e. The van der Waals surface area contributed by atoms with E-state index in [0.717, 1.165) is 25.4 Å². The average Bonchev–Trinajstić information content (AvgIpc) is 2.41. The van der Waals surface area contributed by atoms with Crippen LogP contribution in [0.15, 0.2) is 24.3 Å². The van der Waals surface area contributed by atoms with Gasteiger partial charge in [0.1, 0.15) is 0 Å². The van der Waals surface area contributed by atoms with Gasteiger partial charge in [-0.1, -0.05) is 30.7 Å². The Balaban J connectivity index is 1.71. The van der Waals surface area contributed by atoms with Crippen LogP contribution in [0.1, 0.15) is 48.8 Å². The molecule has 21 heavy (non-hydrogen) atoms. The molecule has 0 spiro atoms. The van der Waals surface area contributed by atoms with Gasteiger partial charge in [-0.3, -0.25) is 0 Å². The van der Waals surface area contributed by atoms with Crippen molar-refractivity contribution in [3.63, 3.8) is 0 Å². The Labute approximate surface area is 129 Å². The number of likely N-dealkylation sites (N-methyl/N-ethyl adjacent to an activating group) is 2. The van der Waals surface area contributed by atoms with Gasteiger partial charge in [0.2, 0.25) is 0 Å². The number of hydrogen-bond acceptors (Lipinski definition) is 3. The lowest BCUT2D eigenvalue weighted by Crippen LogP contribution is -2.50. The molecule has 1 aromatic rings. The van der Waals surface area contributed by atoms with Crippen LogP contribution in [0.5, 0.6) is 0 Å². The molecule has 0 amide bonds. The largest absolute Gasteiger partial charge is 0.324 e. The summed E-state index contributed by atoms with van der Waals surface area (Å²) < 4.78 is 0. The summed E-state index contributed by atoms with van der Waals surface area (Å²) in [5.41, 5.74) is 9.51. The van der Waals surface area contributed by atoms with Crippen molar-refractivity contribution in [2.75, 3.05) is 33.7 Å². The molecule has 2 aliphatic rings. The molecule has 1 heterocycles. The van der Waals surface area contributed by atoms with Crippen LogP contribution in [-0.2, 0) is 0 Å². The third-order valence-electron chi connectivity index (χ3n) is 5.45. The molecule has 2 fully saturated rings. The maximum Gasteiger partial charge on any atom is 0.0313 e. The first-order valence-corrected chi connectivity index (χ1v) is 8.38. The Morgan fingerprint density at radius 2 is 1.95 bits per heavy atom. The summed E-state index contributed by atoms with van der Waals surface area (Å²) in [6.45, 7) is 3.45. The molecule has 2 atom stereocenters. The van der Waals surface area contributed by atoms with Crippen molar-refractivity contribution >= 4 is 0 Å². The summed E-state index contributed by atoms with van der Waals surface area (Å²) in [5, 5.41) is 0. The normalized spacial score (nSPS) is 26.5. The number of piperazine rings is 1. The molecule has 0 bridgehead atoms. The summed E-state index contributed by atoms with van der Waals surface area (Å²) in [6.07, 6.45) is 5.13. The lowest BCUT2D eigenvalue weighted by atomic mass is 9.76. The van der Waals surface area contributed by atoms with Gasteiger partial charge < -0.3 is 15.5 Å². The van der Waals surface area contributed by atoms with Gasteiger partial charge in [0, 0.05) is 31.7 Å². The molecule has 0 radical (unpaired) electrons. The summed E-state index contributed by atoms with van der Waals surface area (Å²) in [4.78, 5) is 4.90. The lowest BCUT2D eigenvalue weighted by molar-refractivity contribution is 0.104. The Morgan fingerprint density at radius 3 is 2.67 bits per heavy atom. The first kappa shape index (κ1) is 15.0. The van der Waals surface area contributed by atoms with Crippen molar-refractivity contribution in [3.05, 3.63) is 35.4 Å². The van der Waals surface area contributed by atoms with Crippen LogP contribution in [0.3, 0.4) is 0 Å². The highest BCUT2D eigenvalue weighted by atomic mass is 15.3. The maximum absolute atomic E-state index is 6.61. The Morgan fingerprint density at radius 1 is 1.19 bits per heavy atom. The van der Waals surface area contributed by atoms with Crippen molar-refractivity contribution in [2.24, 2.45) is 5.73 Å². The van der Waals surface area contributed by atoms with E-state index < -0.39 is 0 Å². The van der Waals surface area contributed by atoms with Crippen molar-refractivity contribution in [1.29, 1.82) is 0 Å². The predicted octanol–water partition coefficient (Wildman–Crippen LogP) is 2.59. The zero-order valence-corrected chi connectivity index (χ0v) is 13.5. The molecule has 0 aromatic heterocycles. The van der Waals surface area contributed by atoms with Crippen LogP contribution >= 0.6 is 0 Å². The van der Waals surface area contributed by atoms with Gasteiger partial charge in [-0.25, -0.2) is 0 Å².